The number of pyridine rings is 2. The third kappa shape index (κ3) is 4.18. The van der Waals surface area contributed by atoms with E-state index in [0.29, 0.717) is 10.7 Å². The van der Waals surface area contributed by atoms with Crippen LogP contribution < -0.4 is 15.9 Å². The van der Waals surface area contributed by atoms with Gasteiger partial charge >= 0.3 is 0 Å². The third-order valence-corrected chi connectivity index (χ3v) is 7.30. The van der Waals surface area contributed by atoms with Crippen molar-refractivity contribution in [1.29, 1.82) is 0 Å². The minimum absolute atomic E-state index is 0.00859. The Hall–Kier alpha value is -3.05. The van der Waals surface area contributed by atoms with Gasteiger partial charge in [-0.05, 0) is 43.3 Å². The summed E-state index contributed by atoms with van der Waals surface area (Å²) in [5.41, 5.74) is 7.39. The summed E-state index contributed by atoms with van der Waals surface area (Å²) < 4.78 is 35.1. The molecule has 3 heterocycles. The molecule has 0 amide bonds. The number of benzene rings is 1. The van der Waals surface area contributed by atoms with E-state index in [0.717, 1.165) is 5.56 Å². The van der Waals surface area contributed by atoms with Crippen LogP contribution in [0.15, 0.2) is 63.2 Å². The van der Waals surface area contributed by atoms with Crippen LogP contribution in [0.4, 0.5) is 5.82 Å². The molecule has 1 aromatic carbocycles. The monoisotopic (exact) mass is 489 g/mol. The highest BCUT2D eigenvalue weighted by Crippen LogP contribution is 2.27. The van der Waals surface area contributed by atoms with Crippen molar-refractivity contribution in [1.82, 2.24) is 9.38 Å². The van der Waals surface area contributed by atoms with E-state index in [1.165, 1.54) is 39.3 Å². The van der Waals surface area contributed by atoms with Crippen molar-refractivity contribution in [2.45, 2.75) is 23.3 Å². The fourth-order valence-corrected chi connectivity index (χ4v) is 5.12. The molecule has 3 aromatic heterocycles. The predicted octanol–water partition coefficient (Wildman–Crippen LogP) is 1.52. The van der Waals surface area contributed by atoms with Crippen molar-refractivity contribution in [3.63, 3.8) is 0 Å². The fourth-order valence-electron chi connectivity index (χ4n) is 3.59. The maximum absolute atomic E-state index is 13.4. The number of nitrogens with two attached hydrogens (primary N) is 1. The second-order valence-corrected chi connectivity index (χ2v) is 9.73. The van der Waals surface area contributed by atoms with Gasteiger partial charge in [-0.1, -0.05) is 22.7 Å². The second-order valence-electron chi connectivity index (χ2n) is 7.38. The number of aliphatic hydroxyl groups excluding tert-OH is 1. The van der Waals surface area contributed by atoms with Crippen molar-refractivity contribution in [3.8, 4) is 0 Å². The van der Waals surface area contributed by atoms with Gasteiger partial charge in [0.2, 0.25) is 21.3 Å². The minimum Gasteiger partial charge on any atom is -0.394 e. The molecule has 9 nitrogen and oxygen atoms in total. The van der Waals surface area contributed by atoms with E-state index >= 15 is 0 Å². The molecular weight excluding hydrogens is 468 g/mol. The lowest BCUT2D eigenvalue weighted by atomic mass is 10.2. The van der Waals surface area contributed by atoms with E-state index in [2.05, 4.69) is 4.98 Å². The Morgan fingerprint density at radius 3 is 2.64 bits per heavy atom. The molecule has 11 heteroatoms. The molecule has 4 aromatic rings. The van der Waals surface area contributed by atoms with Gasteiger partial charge in [0.05, 0.1) is 31.3 Å². The second kappa shape index (κ2) is 9.06. The van der Waals surface area contributed by atoms with Gasteiger partial charge in [0.1, 0.15) is 10.3 Å². The first-order valence-corrected chi connectivity index (χ1v) is 11.9. The van der Waals surface area contributed by atoms with Crippen molar-refractivity contribution >= 4 is 43.9 Å². The number of nitrogen functional groups attached to an aromatic ring is 1. The van der Waals surface area contributed by atoms with E-state index in [9.17, 15) is 13.2 Å². The highest BCUT2D eigenvalue weighted by Gasteiger charge is 2.29. The van der Waals surface area contributed by atoms with Crippen LogP contribution in [0, 0.1) is 6.92 Å². The summed E-state index contributed by atoms with van der Waals surface area (Å²) in [5, 5.41) is 9.46. The number of hydrogen-bond acceptors (Lipinski definition) is 7. The molecule has 0 spiro atoms. The van der Waals surface area contributed by atoms with Crippen molar-refractivity contribution in [2.75, 3.05) is 25.6 Å². The van der Waals surface area contributed by atoms with Crippen molar-refractivity contribution < 1.29 is 22.8 Å². The molecular formula is C22H22ClN4O5S+. The number of hydrogen-bond donors (Lipinski definition) is 2. The van der Waals surface area contributed by atoms with Gasteiger partial charge in [0.25, 0.3) is 11.2 Å². The number of aliphatic hydroxyl groups is 1. The third-order valence-electron chi connectivity index (χ3n) is 5.25. The molecule has 0 aliphatic rings. The lowest BCUT2D eigenvalue weighted by molar-refractivity contribution is -0.662. The number of aromatic nitrogens is 3. The highest BCUT2D eigenvalue weighted by molar-refractivity contribution is 7.91. The van der Waals surface area contributed by atoms with E-state index < -0.39 is 15.4 Å². The van der Waals surface area contributed by atoms with Crippen LogP contribution in [0.3, 0.4) is 0 Å². The Morgan fingerprint density at radius 1 is 1.21 bits per heavy atom. The number of fused-ring (bicyclic) bond motifs is 2. The fraction of sp³-hybridized carbons (Fsp3) is 0.227. The summed E-state index contributed by atoms with van der Waals surface area (Å²) in [7, 11) is -4.08. The van der Waals surface area contributed by atoms with Crippen molar-refractivity contribution in [2.24, 2.45) is 0 Å². The van der Waals surface area contributed by atoms with Gasteiger partial charge < -0.3 is 15.6 Å². The van der Waals surface area contributed by atoms with Crippen LogP contribution >= 0.6 is 11.6 Å². The number of rotatable bonds is 7. The molecule has 0 atom stereocenters. The van der Waals surface area contributed by atoms with Crippen LogP contribution in [-0.2, 0) is 21.1 Å². The maximum Gasteiger partial charge on any atom is 0.278 e. The van der Waals surface area contributed by atoms with E-state index in [1.54, 1.807) is 12.3 Å². The molecule has 172 valence electrons. The minimum atomic E-state index is -4.08. The Balaban J connectivity index is 2.03. The number of nitrogens with zero attached hydrogens (tertiary/aromatic N) is 3. The summed E-state index contributed by atoms with van der Waals surface area (Å²) in [4.78, 5) is 17.7. The number of halogens is 1. The quantitative estimate of drug-likeness (QED) is 0.229. The summed E-state index contributed by atoms with van der Waals surface area (Å²) in [6.07, 6.45) is 1.58. The lowest BCUT2D eigenvalue weighted by Crippen LogP contribution is -2.43. The van der Waals surface area contributed by atoms with Gasteiger partial charge in [-0.25, -0.2) is 13.0 Å². The number of anilines is 1. The van der Waals surface area contributed by atoms with Crippen LogP contribution in [-0.4, -0.2) is 42.7 Å². The normalized spacial score (nSPS) is 12.0. The average molecular weight is 490 g/mol. The molecule has 0 saturated heterocycles. The Kier molecular flexibility index (Phi) is 6.35. The topological polar surface area (TPSA) is 128 Å². The zero-order valence-corrected chi connectivity index (χ0v) is 19.3. The molecule has 0 bridgehead atoms. The molecule has 0 aliphatic carbocycles. The molecule has 0 fully saturated rings. The summed E-state index contributed by atoms with van der Waals surface area (Å²) >= 11 is 5.91. The smallest absolute Gasteiger partial charge is 0.278 e. The Morgan fingerprint density at radius 2 is 1.94 bits per heavy atom. The first kappa shape index (κ1) is 23.1. The first-order valence-electron chi connectivity index (χ1n) is 10.1. The molecule has 3 N–H and O–H groups in total. The standard InChI is InChI=1S/C22H21ClN4O5S/c1-14-3-2-8-27-20(14)25-21-17(22(27)29)13-18(19(24)26(21)9-11-32-12-10-28)33(30,31)16-6-4-15(23)5-7-16/h2-8,13,24,28H,9-12H2,1H3/p+1. The number of aryl methyl sites for hydroxylation is 1. The predicted molar refractivity (Wildman–Crippen MR) is 123 cm³/mol. The molecule has 0 aliphatic heterocycles. The van der Waals surface area contributed by atoms with Crippen LogP contribution in [0.1, 0.15) is 5.56 Å². The van der Waals surface area contributed by atoms with Gasteiger partial charge in [-0.15, -0.1) is 0 Å². The van der Waals surface area contributed by atoms with E-state index in [-0.39, 0.29) is 53.0 Å². The van der Waals surface area contributed by atoms with Crippen LogP contribution in [0.5, 0.6) is 0 Å². The highest BCUT2D eigenvalue weighted by atomic mass is 35.5. The summed E-state index contributed by atoms with van der Waals surface area (Å²) in [5.74, 6) is -0.0742. The molecule has 0 saturated carbocycles. The molecule has 4 rings (SSSR count). The van der Waals surface area contributed by atoms with Gasteiger partial charge in [0.15, 0.2) is 0 Å². The zero-order chi connectivity index (χ0) is 23.8. The summed E-state index contributed by atoms with van der Waals surface area (Å²) in [6, 6.07) is 10.5. The molecule has 0 radical (unpaired) electrons. The van der Waals surface area contributed by atoms with Crippen molar-refractivity contribution in [3.05, 3.63) is 69.6 Å². The Bertz CT molecular complexity index is 1520. The SMILES string of the molecule is Cc1cccn2c(=O)c3cc(S(=O)(=O)c4ccc(Cl)cc4)c(N)[n+](CCOCCO)c3nc12. The van der Waals surface area contributed by atoms with Crippen LogP contribution in [0.2, 0.25) is 5.02 Å². The van der Waals surface area contributed by atoms with Crippen LogP contribution in [0.25, 0.3) is 16.7 Å². The van der Waals surface area contributed by atoms with Gasteiger partial charge in [-0.3, -0.25) is 9.20 Å². The molecule has 0 unspecified atom stereocenters. The lowest BCUT2D eigenvalue weighted by Gasteiger charge is -2.13. The summed E-state index contributed by atoms with van der Waals surface area (Å²) in [6.45, 7) is 2.03. The number of sulfone groups is 1. The van der Waals surface area contributed by atoms with Gasteiger partial charge in [-0.2, -0.15) is 0 Å². The number of ether oxygens (including phenoxy) is 1. The average Bonchev–Trinajstić information content (AvgIpc) is 2.79. The largest absolute Gasteiger partial charge is 0.394 e. The maximum atomic E-state index is 13.4. The van der Waals surface area contributed by atoms with E-state index in [4.69, 9.17) is 27.2 Å². The van der Waals surface area contributed by atoms with Gasteiger partial charge in [0, 0.05) is 16.8 Å². The van der Waals surface area contributed by atoms with E-state index in [1.807, 2.05) is 13.0 Å². The molecule has 33 heavy (non-hydrogen) atoms. The zero-order valence-electron chi connectivity index (χ0n) is 17.7. The Labute approximate surface area is 194 Å². The first-order chi connectivity index (χ1) is 15.8.